The van der Waals surface area contributed by atoms with Crippen molar-refractivity contribution in [2.75, 3.05) is 18.5 Å². The molecule has 3 N–H and O–H groups in total. The SMILES string of the molecule is CCC(CC)C(=O)NC(CCOC1CC(CCc2ccc3c(n2)NCCC3)C1)C(=O)O. The molecule has 0 aromatic carbocycles. The minimum atomic E-state index is -0.999. The number of aromatic nitrogens is 1. The van der Waals surface area contributed by atoms with E-state index in [9.17, 15) is 14.7 Å². The monoisotopic (exact) mass is 431 g/mol. The van der Waals surface area contributed by atoms with E-state index in [1.807, 2.05) is 13.8 Å². The summed E-state index contributed by atoms with van der Waals surface area (Å²) in [6, 6.07) is 3.48. The van der Waals surface area contributed by atoms with Gasteiger partial charge in [-0.2, -0.15) is 0 Å². The molecule has 0 bridgehead atoms. The molecule has 2 heterocycles. The molecule has 31 heavy (non-hydrogen) atoms. The summed E-state index contributed by atoms with van der Waals surface area (Å²) in [5, 5.41) is 15.5. The molecular weight excluding hydrogens is 394 g/mol. The molecule has 1 unspecified atom stereocenters. The molecule has 1 amide bonds. The van der Waals surface area contributed by atoms with E-state index in [2.05, 4.69) is 22.8 Å². The summed E-state index contributed by atoms with van der Waals surface area (Å²) >= 11 is 0. The third-order valence-electron chi connectivity index (χ3n) is 6.68. The highest BCUT2D eigenvalue weighted by molar-refractivity contribution is 5.84. The first kappa shape index (κ1) is 23.5. The summed E-state index contributed by atoms with van der Waals surface area (Å²) in [7, 11) is 0. The van der Waals surface area contributed by atoms with Crippen LogP contribution in [0.3, 0.4) is 0 Å². The number of carbonyl (C=O) groups is 2. The zero-order valence-electron chi connectivity index (χ0n) is 18.9. The van der Waals surface area contributed by atoms with E-state index in [4.69, 9.17) is 9.72 Å². The van der Waals surface area contributed by atoms with Gasteiger partial charge in [-0.1, -0.05) is 19.9 Å². The highest BCUT2D eigenvalue weighted by Gasteiger charge is 2.30. The van der Waals surface area contributed by atoms with Crippen molar-refractivity contribution in [2.45, 2.75) is 83.8 Å². The number of carboxylic acids is 1. The van der Waals surface area contributed by atoms with E-state index < -0.39 is 12.0 Å². The fourth-order valence-corrected chi connectivity index (χ4v) is 4.47. The maximum absolute atomic E-state index is 12.2. The van der Waals surface area contributed by atoms with Gasteiger partial charge in [-0.05, 0) is 68.9 Å². The van der Waals surface area contributed by atoms with E-state index in [1.165, 1.54) is 12.0 Å². The second-order valence-corrected chi connectivity index (χ2v) is 8.91. The second kappa shape index (κ2) is 11.5. The minimum Gasteiger partial charge on any atom is -0.480 e. The van der Waals surface area contributed by atoms with Gasteiger partial charge in [0, 0.05) is 31.2 Å². The molecule has 1 aromatic rings. The first-order chi connectivity index (χ1) is 15.0. The number of anilines is 1. The topological polar surface area (TPSA) is 101 Å². The van der Waals surface area contributed by atoms with Crippen LogP contribution in [0, 0.1) is 11.8 Å². The normalized spacial score (nSPS) is 21.0. The maximum atomic E-state index is 12.2. The van der Waals surface area contributed by atoms with E-state index in [0.717, 1.165) is 50.2 Å². The van der Waals surface area contributed by atoms with Crippen LogP contribution in [-0.4, -0.2) is 47.3 Å². The fraction of sp³-hybridized carbons (Fsp3) is 0.708. The average molecular weight is 432 g/mol. The Morgan fingerprint density at radius 1 is 1.29 bits per heavy atom. The molecule has 1 atom stereocenters. The summed E-state index contributed by atoms with van der Waals surface area (Å²) < 4.78 is 5.87. The van der Waals surface area contributed by atoms with E-state index in [1.54, 1.807) is 0 Å². The molecule has 1 aromatic heterocycles. The smallest absolute Gasteiger partial charge is 0.326 e. The van der Waals surface area contributed by atoms with Gasteiger partial charge in [0.05, 0.1) is 6.10 Å². The summed E-state index contributed by atoms with van der Waals surface area (Å²) in [5.74, 6) is 0.396. The molecule has 1 aliphatic heterocycles. The van der Waals surface area contributed by atoms with Crippen LogP contribution in [0.4, 0.5) is 5.82 Å². The number of nitrogens with zero attached hydrogens (tertiary/aromatic N) is 1. The van der Waals surface area contributed by atoms with Crippen molar-refractivity contribution < 1.29 is 19.4 Å². The lowest BCUT2D eigenvalue weighted by atomic mass is 9.79. The summed E-state index contributed by atoms with van der Waals surface area (Å²) in [4.78, 5) is 28.4. The number of hydrogen-bond donors (Lipinski definition) is 3. The number of nitrogens with one attached hydrogen (secondary N) is 2. The van der Waals surface area contributed by atoms with Crippen LogP contribution in [0.25, 0.3) is 0 Å². The Morgan fingerprint density at radius 3 is 2.77 bits per heavy atom. The number of amides is 1. The molecule has 0 saturated heterocycles. The van der Waals surface area contributed by atoms with E-state index >= 15 is 0 Å². The van der Waals surface area contributed by atoms with Crippen molar-refractivity contribution in [3.63, 3.8) is 0 Å². The molecule has 0 spiro atoms. The first-order valence-electron chi connectivity index (χ1n) is 11.9. The quantitative estimate of drug-likeness (QED) is 0.468. The van der Waals surface area contributed by atoms with Gasteiger partial charge in [0.25, 0.3) is 0 Å². The maximum Gasteiger partial charge on any atom is 0.326 e. The van der Waals surface area contributed by atoms with Crippen LogP contribution in [-0.2, 0) is 27.2 Å². The lowest BCUT2D eigenvalue weighted by Crippen LogP contribution is -2.44. The Kier molecular flexibility index (Phi) is 8.69. The number of aliphatic carboxylic acids is 1. The summed E-state index contributed by atoms with van der Waals surface area (Å²) in [5.41, 5.74) is 2.47. The Morgan fingerprint density at radius 2 is 2.06 bits per heavy atom. The number of fused-ring (bicyclic) bond motifs is 1. The van der Waals surface area contributed by atoms with Gasteiger partial charge in [-0.15, -0.1) is 0 Å². The summed E-state index contributed by atoms with van der Waals surface area (Å²) in [6.45, 7) is 5.25. The van der Waals surface area contributed by atoms with Crippen LogP contribution in [0.2, 0.25) is 0 Å². The minimum absolute atomic E-state index is 0.129. The van der Waals surface area contributed by atoms with Gasteiger partial charge in [-0.3, -0.25) is 4.79 Å². The van der Waals surface area contributed by atoms with E-state index in [-0.39, 0.29) is 17.9 Å². The molecule has 7 heteroatoms. The third kappa shape index (κ3) is 6.66. The van der Waals surface area contributed by atoms with Crippen molar-refractivity contribution in [3.05, 3.63) is 23.4 Å². The van der Waals surface area contributed by atoms with Gasteiger partial charge in [0.2, 0.25) is 5.91 Å². The van der Waals surface area contributed by atoms with Gasteiger partial charge < -0.3 is 20.5 Å². The number of ether oxygens (including phenoxy) is 1. The molecule has 1 saturated carbocycles. The van der Waals surface area contributed by atoms with Crippen molar-refractivity contribution >= 4 is 17.7 Å². The predicted molar refractivity (Wildman–Crippen MR) is 120 cm³/mol. The fourth-order valence-electron chi connectivity index (χ4n) is 4.47. The van der Waals surface area contributed by atoms with Gasteiger partial charge in [0.15, 0.2) is 0 Å². The van der Waals surface area contributed by atoms with Crippen LogP contribution in [0.1, 0.15) is 70.1 Å². The second-order valence-electron chi connectivity index (χ2n) is 8.91. The lowest BCUT2D eigenvalue weighted by Gasteiger charge is -2.35. The van der Waals surface area contributed by atoms with Crippen LogP contribution < -0.4 is 10.6 Å². The first-order valence-corrected chi connectivity index (χ1v) is 11.9. The number of hydrogen-bond acceptors (Lipinski definition) is 5. The third-order valence-corrected chi connectivity index (χ3v) is 6.68. The highest BCUT2D eigenvalue weighted by Crippen LogP contribution is 2.34. The molecule has 172 valence electrons. The predicted octanol–water partition coefficient (Wildman–Crippen LogP) is 3.56. The van der Waals surface area contributed by atoms with Gasteiger partial charge in [0.1, 0.15) is 11.9 Å². The Hall–Kier alpha value is -2.15. The van der Waals surface area contributed by atoms with Gasteiger partial charge in [-0.25, -0.2) is 9.78 Å². The van der Waals surface area contributed by atoms with Crippen LogP contribution >= 0.6 is 0 Å². The zero-order valence-corrected chi connectivity index (χ0v) is 18.9. The standard InChI is InChI=1S/C24H37N3O4/c1-3-17(4-2)23(28)27-21(24(29)30)11-13-31-20-14-16(15-20)7-9-19-10-8-18-6-5-12-25-22(18)26-19/h8,10,16-17,20-21H,3-7,9,11-15H2,1-2H3,(H,25,26)(H,27,28)(H,29,30). The number of aryl methyl sites for hydroxylation is 2. The van der Waals surface area contributed by atoms with Crippen LogP contribution in [0.5, 0.6) is 0 Å². The highest BCUT2D eigenvalue weighted by atomic mass is 16.5. The number of pyridine rings is 1. The molecule has 1 aliphatic carbocycles. The molecule has 0 radical (unpaired) electrons. The zero-order chi connectivity index (χ0) is 22.2. The molecule has 3 rings (SSSR count). The molecule has 1 fully saturated rings. The van der Waals surface area contributed by atoms with Crippen molar-refractivity contribution in [1.82, 2.24) is 10.3 Å². The number of rotatable bonds is 12. The molecule has 7 nitrogen and oxygen atoms in total. The van der Waals surface area contributed by atoms with Crippen LogP contribution in [0.15, 0.2) is 12.1 Å². The molecular formula is C24H37N3O4. The number of carbonyl (C=O) groups excluding carboxylic acids is 1. The largest absolute Gasteiger partial charge is 0.480 e. The molecule has 2 aliphatic rings. The summed E-state index contributed by atoms with van der Waals surface area (Å²) in [6.07, 6.45) is 8.34. The van der Waals surface area contributed by atoms with Gasteiger partial charge >= 0.3 is 5.97 Å². The van der Waals surface area contributed by atoms with Crippen molar-refractivity contribution in [2.24, 2.45) is 11.8 Å². The van der Waals surface area contributed by atoms with Crippen molar-refractivity contribution in [1.29, 1.82) is 0 Å². The lowest BCUT2D eigenvalue weighted by molar-refractivity contribution is -0.143. The Balaban J connectivity index is 1.32. The van der Waals surface area contributed by atoms with E-state index in [0.29, 0.717) is 31.8 Å². The van der Waals surface area contributed by atoms with Crippen molar-refractivity contribution in [3.8, 4) is 0 Å². The Labute approximate surface area is 185 Å². The Bertz CT molecular complexity index is 744. The number of carboxylic acid groups (broad SMARTS) is 1. The average Bonchev–Trinajstić information content (AvgIpc) is 2.74.